The summed E-state index contributed by atoms with van der Waals surface area (Å²) in [6, 6.07) is 7.96. The van der Waals surface area contributed by atoms with E-state index in [0.717, 1.165) is 55.4 Å². The zero-order chi connectivity index (χ0) is 14.7. The number of ether oxygens (including phenoxy) is 2. The van der Waals surface area contributed by atoms with Crippen molar-refractivity contribution >= 4 is 5.82 Å². The summed E-state index contributed by atoms with van der Waals surface area (Å²) in [5, 5.41) is 6.92. The average molecular weight is 288 g/mol. The van der Waals surface area contributed by atoms with E-state index in [1.165, 1.54) is 0 Å². The van der Waals surface area contributed by atoms with Crippen molar-refractivity contribution in [3.8, 4) is 17.0 Å². The zero-order valence-corrected chi connectivity index (χ0v) is 12.1. The van der Waals surface area contributed by atoms with Gasteiger partial charge < -0.3 is 15.2 Å². The van der Waals surface area contributed by atoms with Crippen molar-refractivity contribution in [2.45, 2.75) is 6.54 Å². The maximum absolute atomic E-state index is 5.67. The van der Waals surface area contributed by atoms with Crippen molar-refractivity contribution in [3.63, 3.8) is 0 Å². The summed E-state index contributed by atoms with van der Waals surface area (Å²) in [5.41, 5.74) is 8.80. The molecule has 2 aromatic rings. The minimum Gasteiger partial charge on any atom is -0.496 e. The van der Waals surface area contributed by atoms with Crippen LogP contribution in [0.25, 0.3) is 11.3 Å². The molecule has 1 aliphatic heterocycles. The number of nitrogens with zero attached hydrogens (tertiary/aromatic N) is 2. The maximum Gasteiger partial charge on any atom is 0.145 e. The number of H-pyrrole nitrogens is 1. The predicted octanol–water partition coefficient (Wildman–Crippen LogP) is 1.50. The number of methoxy groups -OCH3 is 1. The topological polar surface area (TPSA) is 76.4 Å². The quantitative estimate of drug-likeness (QED) is 0.891. The lowest BCUT2D eigenvalue weighted by atomic mass is 10.1. The van der Waals surface area contributed by atoms with Gasteiger partial charge in [-0.1, -0.05) is 0 Å². The predicted molar refractivity (Wildman–Crippen MR) is 81.1 cm³/mol. The lowest BCUT2D eigenvalue weighted by Gasteiger charge is -2.27. The van der Waals surface area contributed by atoms with Crippen LogP contribution >= 0.6 is 0 Å². The number of aromatic nitrogens is 2. The number of hydrogen-bond acceptors (Lipinski definition) is 5. The van der Waals surface area contributed by atoms with Crippen LogP contribution in [0.3, 0.4) is 0 Å². The summed E-state index contributed by atoms with van der Waals surface area (Å²) in [5.74, 6) is 1.40. The van der Waals surface area contributed by atoms with Crippen LogP contribution in [0.15, 0.2) is 24.3 Å². The van der Waals surface area contributed by atoms with E-state index in [1.54, 1.807) is 7.11 Å². The fourth-order valence-corrected chi connectivity index (χ4v) is 2.55. The fraction of sp³-hybridized carbons (Fsp3) is 0.400. The Balaban J connectivity index is 1.86. The van der Waals surface area contributed by atoms with E-state index in [4.69, 9.17) is 15.2 Å². The summed E-state index contributed by atoms with van der Waals surface area (Å²) < 4.78 is 10.9. The van der Waals surface area contributed by atoms with Crippen LogP contribution in [0.4, 0.5) is 5.82 Å². The first-order valence-electron chi connectivity index (χ1n) is 7.04. The molecule has 3 rings (SSSR count). The van der Waals surface area contributed by atoms with Crippen LogP contribution in [0.5, 0.6) is 5.75 Å². The average Bonchev–Trinajstić information content (AvgIpc) is 2.95. The molecule has 0 saturated carbocycles. The third-order valence-corrected chi connectivity index (χ3v) is 3.69. The zero-order valence-electron chi connectivity index (χ0n) is 12.1. The first-order chi connectivity index (χ1) is 10.3. The van der Waals surface area contributed by atoms with Crippen LogP contribution in [-0.2, 0) is 11.3 Å². The molecule has 21 heavy (non-hydrogen) atoms. The number of nitrogens with two attached hydrogens (primary N) is 1. The van der Waals surface area contributed by atoms with Gasteiger partial charge in [-0.2, -0.15) is 5.10 Å². The molecular weight excluding hydrogens is 268 g/mol. The number of hydrogen-bond donors (Lipinski definition) is 2. The smallest absolute Gasteiger partial charge is 0.145 e. The summed E-state index contributed by atoms with van der Waals surface area (Å²) in [7, 11) is 1.70. The number of anilines is 1. The Morgan fingerprint density at radius 2 is 2.14 bits per heavy atom. The second kappa shape index (κ2) is 6.15. The second-order valence-electron chi connectivity index (χ2n) is 5.12. The molecule has 0 aliphatic carbocycles. The molecule has 0 spiro atoms. The van der Waals surface area contributed by atoms with Crippen LogP contribution in [0.2, 0.25) is 0 Å². The number of morpholine rings is 1. The van der Waals surface area contributed by atoms with E-state index >= 15 is 0 Å². The molecular formula is C15H20N4O2. The Bertz CT molecular complexity index is 605. The number of nitrogens with one attached hydrogen (secondary N) is 1. The molecule has 0 radical (unpaired) electrons. The minimum absolute atomic E-state index is 0.496. The van der Waals surface area contributed by atoms with Gasteiger partial charge in [-0.3, -0.25) is 10.00 Å². The van der Waals surface area contributed by atoms with Gasteiger partial charge in [-0.25, -0.2) is 0 Å². The first kappa shape index (κ1) is 13.9. The molecule has 3 N–H and O–H groups in total. The van der Waals surface area contributed by atoms with Crippen LogP contribution in [-0.4, -0.2) is 48.5 Å². The molecule has 2 heterocycles. The SMILES string of the molecule is COc1ccc(-c2cc(N)n[nH]2)cc1CN1CCOCC1. The standard InChI is InChI=1S/C15H20N4O2/c1-20-14-3-2-11(13-9-15(16)18-17-13)8-12(14)10-19-4-6-21-7-5-19/h2-3,8-9H,4-7,10H2,1H3,(H3,16,17,18). The Morgan fingerprint density at radius 3 is 2.81 bits per heavy atom. The highest BCUT2D eigenvalue weighted by Gasteiger charge is 2.14. The van der Waals surface area contributed by atoms with E-state index in [9.17, 15) is 0 Å². The monoisotopic (exact) mass is 288 g/mol. The third kappa shape index (κ3) is 3.17. The van der Waals surface area contributed by atoms with Crippen molar-refractivity contribution in [1.82, 2.24) is 15.1 Å². The van der Waals surface area contributed by atoms with E-state index in [-0.39, 0.29) is 0 Å². The highest BCUT2D eigenvalue weighted by Crippen LogP contribution is 2.27. The van der Waals surface area contributed by atoms with E-state index in [0.29, 0.717) is 5.82 Å². The minimum atomic E-state index is 0.496. The number of aromatic amines is 1. The number of rotatable bonds is 4. The van der Waals surface area contributed by atoms with Gasteiger partial charge in [0, 0.05) is 36.8 Å². The molecule has 6 nitrogen and oxygen atoms in total. The van der Waals surface area contributed by atoms with Crippen molar-refractivity contribution in [3.05, 3.63) is 29.8 Å². The lowest BCUT2D eigenvalue weighted by molar-refractivity contribution is 0.0339. The van der Waals surface area contributed by atoms with Gasteiger partial charge >= 0.3 is 0 Å². The maximum atomic E-state index is 5.67. The van der Waals surface area contributed by atoms with Gasteiger partial charge in [0.25, 0.3) is 0 Å². The molecule has 0 unspecified atom stereocenters. The summed E-state index contributed by atoms with van der Waals surface area (Å²) >= 11 is 0. The first-order valence-corrected chi connectivity index (χ1v) is 7.04. The van der Waals surface area contributed by atoms with E-state index < -0.39 is 0 Å². The molecule has 0 atom stereocenters. The van der Waals surface area contributed by atoms with Gasteiger partial charge in [-0.05, 0) is 18.2 Å². The Labute approximate surface area is 123 Å². The van der Waals surface area contributed by atoms with Crippen molar-refractivity contribution in [2.24, 2.45) is 0 Å². The third-order valence-electron chi connectivity index (χ3n) is 3.69. The normalized spacial score (nSPS) is 16.0. The molecule has 1 aromatic heterocycles. The van der Waals surface area contributed by atoms with Gasteiger partial charge in [-0.15, -0.1) is 0 Å². The number of nitrogen functional groups attached to an aromatic ring is 1. The summed E-state index contributed by atoms with van der Waals surface area (Å²) in [6.45, 7) is 4.33. The molecule has 1 aromatic carbocycles. The van der Waals surface area contributed by atoms with Crippen LogP contribution in [0.1, 0.15) is 5.56 Å². The lowest BCUT2D eigenvalue weighted by Crippen LogP contribution is -2.35. The highest BCUT2D eigenvalue weighted by atomic mass is 16.5. The van der Waals surface area contributed by atoms with Gasteiger partial charge in [0.1, 0.15) is 11.6 Å². The van der Waals surface area contributed by atoms with E-state index in [1.807, 2.05) is 18.2 Å². The van der Waals surface area contributed by atoms with Gasteiger partial charge in [0.05, 0.1) is 26.0 Å². The van der Waals surface area contributed by atoms with Crippen molar-refractivity contribution in [2.75, 3.05) is 39.1 Å². The van der Waals surface area contributed by atoms with Gasteiger partial charge in [0.15, 0.2) is 0 Å². The Hall–Kier alpha value is -2.05. The van der Waals surface area contributed by atoms with E-state index in [2.05, 4.69) is 21.2 Å². The molecule has 6 heteroatoms. The molecule has 0 bridgehead atoms. The largest absolute Gasteiger partial charge is 0.496 e. The van der Waals surface area contributed by atoms with Crippen LogP contribution < -0.4 is 10.5 Å². The molecule has 112 valence electrons. The number of benzene rings is 1. The summed E-state index contributed by atoms with van der Waals surface area (Å²) in [6.07, 6.45) is 0. The van der Waals surface area contributed by atoms with Crippen molar-refractivity contribution < 1.29 is 9.47 Å². The molecule has 1 saturated heterocycles. The van der Waals surface area contributed by atoms with Crippen LogP contribution in [0, 0.1) is 0 Å². The molecule has 1 fully saturated rings. The second-order valence-corrected chi connectivity index (χ2v) is 5.12. The Kier molecular flexibility index (Phi) is 4.08. The fourth-order valence-electron chi connectivity index (χ4n) is 2.55. The summed E-state index contributed by atoms with van der Waals surface area (Å²) in [4.78, 5) is 2.37. The Morgan fingerprint density at radius 1 is 1.33 bits per heavy atom. The van der Waals surface area contributed by atoms with Crippen molar-refractivity contribution in [1.29, 1.82) is 0 Å². The molecule has 1 aliphatic rings. The van der Waals surface area contributed by atoms with Gasteiger partial charge in [0.2, 0.25) is 0 Å². The highest BCUT2D eigenvalue weighted by molar-refractivity contribution is 5.64. The molecule has 0 amide bonds.